The van der Waals surface area contributed by atoms with Crippen molar-refractivity contribution in [1.82, 2.24) is 24.7 Å². The maximum absolute atomic E-state index is 12.9. The van der Waals surface area contributed by atoms with Crippen molar-refractivity contribution in [2.45, 2.75) is 50.3 Å². The number of carbonyl (C=O) groups is 2. The quantitative estimate of drug-likeness (QED) is 0.595. The van der Waals surface area contributed by atoms with Gasteiger partial charge in [-0.1, -0.05) is 6.07 Å². The zero-order valence-corrected chi connectivity index (χ0v) is 19.7. The first-order chi connectivity index (χ1) is 15.5. The first-order valence-corrected chi connectivity index (χ1v) is 11.6. The Bertz CT molecular complexity index is 1080. The summed E-state index contributed by atoms with van der Waals surface area (Å²) in [6, 6.07) is 5.92. The van der Waals surface area contributed by atoms with Gasteiger partial charge in [-0.2, -0.15) is 0 Å². The molecule has 0 spiro atoms. The predicted octanol–water partition coefficient (Wildman–Crippen LogP) is 0.735. The van der Waals surface area contributed by atoms with Crippen LogP contribution in [-0.2, 0) is 27.8 Å². The highest BCUT2D eigenvalue weighted by Crippen LogP contribution is 2.29. The lowest BCUT2D eigenvalue weighted by Gasteiger charge is -2.44. The lowest BCUT2D eigenvalue weighted by molar-refractivity contribution is -0.135. The summed E-state index contributed by atoms with van der Waals surface area (Å²) in [7, 11) is 1.72. The highest BCUT2D eigenvalue weighted by molar-refractivity contribution is 6.00. The number of nitrogens with zero attached hydrogens (tertiary/aromatic N) is 3. The predicted molar refractivity (Wildman–Crippen MR) is 127 cm³/mol. The average Bonchev–Trinajstić information content (AvgIpc) is 3.00. The van der Waals surface area contributed by atoms with Crippen LogP contribution in [0.4, 0.5) is 0 Å². The number of piperazine rings is 1. The maximum atomic E-state index is 12.9. The molecule has 1 aliphatic carbocycles. The Morgan fingerprint density at radius 2 is 1.85 bits per heavy atom. The Hall–Kier alpha value is -2.20. The Labute approximate surface area is 198 Å². The molecule has 2 aliphatic heterocycles. The molecule has 180 valence electrons. The van der Waals surface area contributed by atoms with Gasteiger partial charge in [0, 0.05) is 45.7 Å². The largest absolute Gasteiger partial charge is 0.378 e. The van der Waals surface area contributed by atoms with Crippen molar-refractivity contribution >= 4 is 35.3 Å². The van der Waals surface area contributed by atoms with Gasteiger partial charge in [0.15, 0.2) is 0 Å². The van der Waals surface area contributed by atoms with Crippen molar-refractivity contribution in [3.8, 4) is 0 Å². The number of benzene rings is 1. The summed E-state index contributed by atoms with van der Waals surface area (Å²) in [6.45, 7) is 5.09. The van der Waals surface area contributed by atoms with E-state index >= 15 is 0 Å². The summed E-state index contributed by atoms with van der Waals surface area (Å²) in [5, 5.41) is 5.74. The van der Waals surface area contributed by atoms with E-state index in [0.717, 1.165) is 62.0 Å². The minimum atomic E-state index is -0.652. The van der Waals surface area contributed by atoms with E-state index in [4.69, 9.17) is 4.74 Å². The van der Waals surface area contributed by atoms with E-state index in [1.54, 1.807) is 11.6 Å². The van der Waals surface area contributed by atoms with Crippen molar-refractivity contribution in [2.75, 3.05) is 32.8 Å². The minimum Gasteiger partial charge on any atom is -0.378 e. The zero-order valence-electron chi connectivity index (χ0n) is 18.9. The summed E-state index contributed by atoms with van der Waals surface area (Å²) in [5.41, 5.74) is 2.37. The Balaban J connectivity index is 0.00000259. The molecule has 0 bridgehead atoms. The molecule has 1 aromatic heterocycles. The lowest BCUT2D eigenvalue weighted by atomic mass is 9.87. The molecule has 2 saturated heterocycles. The molecular weight excluding hydrogens is 446 g/mol. The fourth-order valence-electron chi connectivity index (χ4n) is 5.16. The average molecular weight is 478 g/mol. The molecule has 1 atom stereocenters. The van der Waals surface area contributed by atoms with E-state index in [2.05, 4.69) is 15.5 Å². The molecule has 33 heavy (non-hydrogen) atoms. The smallest absolute Gasteiger partial charge is 0.329 e. The van der Waals surface area contributed by atoms with E-state index in [9.17, 15) is 14.4 Å². The summed E-state index contributed by atoms with van der Waals surface area (Å²) in [5.74, 6) is -0.694. The van der Waals surface area contributed by atoms with Gasteiger partial charge in [-0.3, -0.25) is 28.9 Å². The van der Waals surface area contributed by atoms with Gasteiger partial charge in [0.25, 0.3) is 0 Å². The van der Waals surface area contributed by atoms with Gasteiger partial charge >= 0.3 is 5.69 Å². The van der Waals surface area contributed by atoms with Gasteiger partial charge in [-0.05, 0) is 43.4 Å². The fourth-order valence-corrected chi connectivity index (χ4v) is 5.16. The topological polar surface area (TPSA) is 97.6 Å². The van der Waals surface area contributed by atoms with Crippen molar-refractivity contribution in [3.05, 3.63) is 34.2 Å². The van der Waals surface area contributed by atoms with E-state index in [1.165, 1.54) is 4.57 Å². The number of fused-ring (bicyclic) bond motifs is 1. The minimum absolute atomic E-state index is 0. The van der Waals surface area contributed by atoms with Crippen molar-refractivity contribution in [3.63, 3.8) is 0 Å². The van der Waals surface area contributed by atoms with Crippen LogP contribution < -0.4 is 16.3 Å². The SMILES string of the molecule is Cl.Cn1c(=O)n(C2CCC(=O)NC2=O)c2ccc(CCO[C@H]3C[C@H](N4CCNCC4)C3)cc21. The number of imide groups is 1. The van der Waals surface area contributed by atoms with Gasteiger partial charge < -0.3 is 10.1 Å². The Morgan fingerprint density at radius 3 is 2.58 bits per heavy atom. The second kappa shape index (κ2) is 9.97. The molecule has 1 unspecified atom stereocenters. The van der Waals surface area contributed by atoms with Crippen LogP contribution in [0, 0.1) is 0 Å². The number of hydrogen-bond acceptors (Lipinski definition) is 6. The van der Waals surface area contributed by atoms with E-state index in [1.807, 2.05) is 18.2 Å². The summed E-state index contributed by atoms with van der Waals surface area (Å²) >= 11 is 0. The van der Waals surface area contributed by atoms with Crippen LogP contribution in [0.25, 0.3) is 11.0 Å². The van der Waals surface area contributed by atoms with Gasteiger partial charge in [-0.25, -0.2) is 4.79 Å². The molecule has 0 radical (unpaired) electrons. The molecule has 1 aromatic carbocycles. The van der Waals surface area contributed by atoms with Crippen molar-refractivity contribution in [2.24, 2.45) is 7.05 Å². The van der Waals surface area contributed by atoms with Gasteiger partial charge in [-0.15, -0.1) is 12.4 Å². The molecule has 3 fully saturated rings. The number of halogens is 1. The van der Waals surface area contributed by atoms with Crippen molar-refractivity contribution in [1.29, 1.82) is 0 Å². The van der Waals surface area contributed by atoms with Gasteiger partial charge in [0.05, 0.1) is 23.7 Å². The van der Waals surface area contributed by atoms with E-state index in [0.29, 0.717) is 25.2 Å². The number of imidazole rings is 1. The number of ether oxygens (including phenoxy) is 1. The number of hydrogen-bond donors (Lipinski definition) is 2. The number of rotatable bonds is 6. The zero-order chi connectivity index (χ0) is 22.2. The van der Waals surface area contributed by atoms with Crippen LogP contribution in [0.15, 0.2) is 23.0 Å². The van der Waals surface area contributed by atoms with Crippen LogP contribution in [0.5, 0.6) is 0 Å². The number of amides is 2. The Morgan fingerprint density at radius 1 is 1.09 bits per heavy atom. The Kier molecular flexibility index (Phi) is 7.23. The molecule has 10 heteroatoms. The first-order valence-electron chi connectivity index (χ1n) is 11.6. The highest BCUT2D eigenvalue weighted by atomic mass is 35.5. The molecule has 5 rings (SSSR count). The van der Waals surface area contributed by atoms with Gasteiger partial charge in [0.1, 0.15) is 6.04 Å². The summed E-state index contributed by atoms with van der Waals surface area (Å²) in [4.78, 5) is 39.2. The summed E-state index contributed by atoms with van der Waals surface area (Å²) < 4.78 is 9.19. The van der Waals surface area contributed by atoms with Crippen LogP contribution in [0.2, 0.25) is 0 Å². The number of nitrogens with one attached hydrogen (secondary N) is 2. The number of piperidine rings is 1. The van der Waals surface area contributed by atoms with E-state index < -0.39 is 11.9 Å². The molecule has 9 nitrogen and oxygen atoms in total. The maximum Gasteiger partial charge on any atom is 0.329 e. The first kappa shape index (κ1) is 23.9. The monoisotopic (exact) mass is 477 g/mol. The van der Waals surface area contributed by atoms with Gasteiger partial charge in [0.2, 0.25) is 11.8 Å². The standard InChI is InChI=1S/C23H31N5O4.ClH/c1-26-20-12-15(6-11-32-17-13-16(14-17)27-9-7-24-8-10-27)2-3-18(20)28(23(26)31)19-4-5-21(29)25-22(19)30;/h2-3,12,16-17,19,24H,4-11,13-14H2,1H3,(H,25,29,30);1H/t16-,17-,19?;. The van der Waals surface area contributed by atoms with Crippen LogP contribution >= 0.6 is 12.4 Å². The number of aryl methyl sites for hydroxylation is 1. The molecule has 3 heterocycles. The molecule has 3 aliphatic rings. The third-order valence-electron chi connectivity index (χ3n) is 7.16. The second-order valence-electron chi connectivity index (χ2n) is 9.16. The van der Waals surface area contributed by atoms with Crippen LogP contribution in [-0.4, -0.2) is 70.8 Å². The normalized spacial score (nSPS) is 26.0. The molecule has 2 N–H and O–H groups in total. The van der Waals surface area contributed by atoms with Crippen LogP contribution in [0.1, 0.15) is 37.3 Å². The molecule has 1 saturated carbocycles. The van der Waals surface area contributed by atoms with Crippen LogP contribution in [0.3, 0.4) is 0 Å². The number of aromatic nitrogens is 2. The molecule has 2 amide bonds. The van der Waals surface area contributed by atoms with Crippen molar-refractivity contribution < 1.29 is 14.3 Å². The van der Waals surface area contributed by atoms with E-state index in [-0.39, 0.29) is 30.4 Å². The summed E-state index contributed by atoms with van der Waals surface area (Å²) in [6.07, 6.45) is 3.94. The lowest BCUT2D eigenvalue weighted by Crippen LogP contribution is -2.54. The third kappa shape index (κ3) is 4.73. The second-order valence-corrected chi connectivity index (χ2v) is 9.16. The third-order valence-corrected chi connectivity index (χ3v) is 7.16. The number of carbonyl (C=O) groups excluding carboxylic acids is 2. The fraction of sp³-hybridized carbons (Fsp3) is 0.609. The highest BCUT2D eigenvalue weighted by Gasteiger charge is 2.34. The molecular formula is C23H32ClN5O4. The molecule has 2 aromatic rings.